The number of nitrogens with one attached hydrogen (secondary N) is 1. The van der Waals surface area contributed by atoms with Crippen molar-refractivity contribution in [3.05, 3.63) is 48.0 Å². The Morgan fingerprint density at radius 2 is 1.86 bits per heavy atom. The minimum Gasteiger partial charge on any atom is -0.383 e. The van der Waals surface area contributed by atoms with E-state index in [0.717, 1.165) is 13.2 Å². The van der Waals surface area contributed by atoms with Crippen molar-refractivity contribution in [3.8, 4) is 0 Å². The summed E-state index contributed by atoms with van der Waals surface area (Å²) in [5, 5.41) is 6.08. The molecule has 0 bridgehead atoms. The molecule has 2 aromatic carbocycles. The Labute approximate surface area is 127 Å². The fourth-order valence-corrected chi connectivity index (χ4v) is 2.74. The summed E-state index contributed by atoms with van der Waals surface area (Å²) in [6.45, 7) is 3.90. The second-order valence-electron chi connectivity index (χ2n) is 5.65. The molecule has 2 atom stereocenters. The molecule has 21 heavy (non-hydrogen) atoms. The summed E-state index contributed by atoms with van der Waals surface area (Å²) in [6.07, 6.45) is 0. The third kappa shape index (κ3) is 3.82. The maximum atomic E-state index is 5.25. The number of ether oxygens (including phenoxy) is 1. The average Bonchev–Trinajstić information content (AvgIpc) is 2.52. The molecule has 0 saturated carbocycles. The van der Waals surface area contributed by atoms with Gasteiger partial charge in [-0.15, -0.1) is 0 Å². The van der Waals surface area contributed by atoms with Gasteiger partial charge in [0, 0.05) is 25.7 Å². The van der Waals surface area contributed by atoms with Gasteiger partial charge < -0.3 is 10.1 Å². The molecule has 114 valence electrons. The highest BCUT2D eigenvalue weighted by atomic mass is 16.5. The van der Waals surface area contributed by atoms with Crippen LogP contribution >= 0.6 is 0 Å². The van der Waals surface area contributed by atoms with Gasteiger partial charge in [-0.25, -0.2) is 0 Å². The first kappa shape index (κ1) is 16.0. The Hall–Kier alpha value is -1.42. The van der Waals surface area contributed by atoms with Crippen LogP contribution in [0.25, 0.3) is 10.8 Å². The molecule has 0 aliphatic carbocycles. The Balaban J connectivity index is 2.23. The zero-order valence-corrected chi connectivity index (χ0v) is 13.5. The molecule has 3 heteroatoms. The first-order valence-corrected chi connectivity index (χ1v) is 7.51. The van der Waals surface area contributed by atoms with Crippen molar-refractivity contribution in [1.29, 1.82) is 0 Å². The fraction of sp³-hybridized carbons (Fsp3) is 0.444. The van der Waals surface area contributed by atoms with Gasteiger partial charge in [0.15, 0.2) is 0 Å². The van der Waals surface area contributed by atoms with Crippen LogP contribution in [0, 0.1) is 0 Å². The normalized spacial score (nSPS) is 14.5. The van der Waals surface area contributed by atoms with Crippen LogP contribution in [0.15, 0.2) is 42.5 Å². The van der Waals surface area contributed by atoms with Gasteiger partial charge in [-0.05, 0) is 37.4 Å². The van der Waals surface area contributed by atoms with E-state index in [1.54, 1.807) is 7.11 Å². The second kappa shape index (κ2) is 7.55. The second-order valence-corrected chi connectivity index (χ2v) is 5.65. The number of fused-ring (bicyclic) bond motifs is 1. The van der Waals surface area contributed by atoms with Gasteiger partial charge in [-0.2, -0.15) is 0 Å². The lowest BCUT2D eigenvalue weighted by Crippen LogP contribution is -2.38. The summed E-state index contributed by atoms with van der Waals surface area (Å²) < 4.78 is 5.25. The molecule has 0 fully saturated rings. The van der Waals surface area contributed by atoms with Crippen LogP contribution in [0.2, 0.25) is 0 Å². The van der Waals surface area contributed by atoms with Crippen LogP contribution in [0.1, 0.15) is 18.5 Å². The Morgan fingerprint density at radius 1 is 1.14 bits per heavy atom. The fourth-order valence-electron chi connectivity index (χ4n) is 2.74. The molecular formula is C18H26N2O. The summed E-state index contributed by atoms with van der Waals surface area (Å²) in [5.41, 5.74) is 1.35. The largest absolute Gasteiger partial charge is 0.383 e. The Kier molecular flexibility index (Phi) is 5.74. The molecule has 0 spiro atoms. The molecule has 0 aliphatic rings. The molecule has 0 heterocycles. The van der Waals surface area contributed by atoms with E-state index < -0.39 is 0 Å². The van der Waals surface area contributed by atoms with Crippen molar-refractivity contribution < 1.29 is 4.74 Å². The van der Waals surface area contributed by atoms with Crippen molar-refractivity contribution in [2.75, 3.05) is 34.4 Å². The average molecular weight is 286 g/mol. The van der Waals surface area contributed by atoms with Gasteiger partial charge in [0.05, 0.1) is 6.61 Å². The number of likely N-dealkylation sites (N-methyl/N-ethyl adjacent to an activating group) is 2. The maximum Gasteiger partial charge on any atom is 0.0615 e. The number of methoxy groups -OCH3 is 1. The monoisotopic (exact) mass is 286 g/mol. The first-order chi connectivity index (χ1) is 10.2. The summed E-state index contributed by atoms with van der Waals surface area (Å²) in [6, 6.07) is 15.8. The number of rotatable bonds is 7. The quantitative estimate of drug-likeness (QED) is 0.846. The highest BCUT2D eigenvalue weighted by molar-refractivity contribution is 5.86. The zero-order chi connectivity index (χ0) is 15.2. The van der Waals surface area contributed by atoms with E-state index in [4.69, 9.17) is 4.74 Å². The van der Waals surface area contributed by atoms with Gasteiger partial charge in [0.25, 0.3) is 0 Å². The van der Waals surface area contributed by atoms with Gasteiger partial charge in [-0.3, -0.25) is 4.90 Å². The van der Waals surface area contributed by atoms with Gasteiger partial charge >= 0.3 is 0 Å². The van der Waals surface area contributed by atoms with Crippen molar-refractivity contribution in [1.82, 2.24) is 10.2 Å². The molecule has 0 amide bonds. The van der Waals surface area contributed by atoms with E-state index in [9.17, 15) is 0 Å². The molecule has 0 radical (unpaired) electrons. The van der Waals surface area contributed by atoms with E-state index in [-0.39, 0.29) is 0 Å². The van der Waals surface area contributed by atoms with Crippen LogP contribution in [0.4, 0.5) is 0 Å². The van der Waals surface area contributed by atoms with Crippen LogP contribution in [0.3, 0.4) is 0 Å². The molecule has 2 unspecified atom stereocenters. The smallest absolute Gasteiger partial charge is 0.0615 e. The molecule has 1 N–H and O–H groups in total. The first-order valence-electron chi connectivity index (χ1n) is 7.51. The number of hydrogen-bond donors (Lipinski definition) is 1. The summed E-state index contributed by atoms with van der Waals surface area (Å²) >= 11 is 0. The molecule has 0 saturated heterocycles. The summed E-state index contributed by atoms with van der Waals surface area (Å²) in [4.78, 5) is 2.34. The van der Waals surface area contributed by atoms with E-state index in [1.807, 2.05) is 7.05 Å². The zero-order valence-electron chi connectivity index (χ0n) is 13.5. The topological polar surface area (TPSA) is 24.5 Å². The van der Waals surface area contributed by atoms with E-state index in [0.29, 0.717) is 12.1 Å². The number of benzene rings is 2. The number of nitrogens with zero attached hydrogens (tertiary/aromatic N) is 1. The minimum atomic E-state index is 0.306. The van der Waals surface area contributed by atoms with Crippen molar-refractivity contribution >= 4 is 10.8 Å². The minimum absolute atomic E-state index is 0.306. The van der Waals surface area contributed by atoms with Gasteiger partial charge in [0.2, 0.25) is 0 Å². The lowest BCUT2D eigenvalue weighted by molar-refractivity contribution is 0.110. The lowest BCUT2D eigenvalue weighted by Gasteiger charge is -2.29. The van der Waals surface area contributed by atoms with Crippen LogP contribution in [0.5, 0.6) is 0 Å². The standard InChI is InChI=1S/C18H26N2O/c1-14(13-21-4)20(3)12-18(19-2)17-11-7-9-15-8-5-6-10-16(15)17/h5-11,14,18-19H,12-13H2,1-4H3. The molecule has 0 aromatic heterocycles. The SMILES string of the molecule is CNC(CN(C)C(C)COC)c1cccc2ccccc12. The highest BCUT2D eigenvalue weighted by Gasteiger charge is 2.17. The van der Waals surface area contributed by atoms with Crippen molar-refractivity contribution in [3.63, 3.8) is 0 Å². The predicted molar refractivity (Wildman–Crippen MR) is 89.7 cm³/mol. The van der Waals surface area contributed by atoms with Crippen molar-refractivity contribution in [2.24, 2.45) is 0 Å². The molecule has 0 aliphatic heterocycles. The van der Waals surface area contributed by atoms with E-state index in [2.05, 4.69) is 66.7 Å². The summed E-state index contributed by atoms with van der Waals surface area (Å²) in [5.74, 6) is 0. The maximum absolute atomic E-state index is 5.25. The molecule has 3 nitrogen and oxygen atoms in total. The van der Waals surface area contributed by atoms with Gasteiger partial charge in [-0.1, -0.05) is 42.5 Å². The lowest BCUT2D eigenvalue weighted by atomic mass is 9.98. The third-order valence-electron chi connectivity index (χ3n) is 4.18. The molecule has 2 aromatic rings. The Bertz CT molecular complexity index is 565. The molecular weight excluding hydrogens is 260 g/mol. The number of hydrogen-bond acceptors (Lipinski definition) is 3. The van der Waals surface area contributed by atoms with Crippen LogP contribution < -0.4 is 5.32 Å². The van der Waals surface area contributed by atoms with Gasteiger partial charge in [0.1, 0.15) is 0 Å². The summed E-state index contributed by atoms with van der Waals surface area (Å²) in [7, 11) is 5.94. The van der Waals surface area contributed by atoms with E-state index >= 15 is 0 Å². The van der Waals surface area contributed by atoms with Crippen LogP contribution in [-0.2, 0) is 4.74 Å². The van der Waals surface area contributed by atoms with Crippen LogP contribution in [-0.4, -0.2) is 45.3 Å². The van der Waals surface area contributed by atoms with E-state index in [1.165, 1.54) is 16.3 Å². The third-order valence-corrected chi connectivity index (χ3v) is 4.18. The Morgan fingerprint density at radius 3 is 2.57 bits per heavy atom. The van der Waals surface area contributed by atoms with Crippen molar-refractivity contribution in [2.45, 2.75) is 19.0 Å². The molecule has 2 rings (SSSR count). The highest BCUT2D eigenvalue weighted by Crippen LogP contribution is 2.25. The predicted octanol–water partition coefficient (Wildman–Crippen LogP) is 3.07.